The van der Waals surface area contributed by atoms with E-state index in [1.54, 1.807) is 0 Å². The molecule has 0 aliphatic carbocycles. The fraction of sp³-hybridized carbons (Fsp3) is 0.0238. The summed E-state index contributed by atoms with van der Waals surface area (Å²) in [5.41, 5.74) is 10.5. The van der Waals surface area contributed by atoms with Gasteiger partial charge in [0.05, 0.1) is 16.7 Å². The highest BCUT2D eigenvalue weighted by atomic mass is 15.0. The fourth-order valence-corrected chi connectivity index (χ4v) is 6.81. The number of aromatic nitrogens is 2. The first-order chi connectivity index (χ1) is 22.3. The number of pyridine rings is 1. The minimum atomic E-state index is 0.870. The summed E-state index contributed by atoms with van der Waals surface area (Å²) in [6.45, 7) is 0.870. The van der Waals surface area contributed by atoms with Crippen LogP contribution in [0, 0.1) is 0 Å². The van der Waals surface area contributed by atoms with Crippen LogP contribution in [0.1, 0.15) is 5.56 Å². The molecule has 6 aromatic carbocycles. The van der Waals surface area contributed by atoms with Crippen LogP contribution in [0.15, 0.2) is 158 Å². The molecule has 2 aromatic heterocycles. The molecule has 3 nitrogen and oxygen atoms in total. The Morgan fingerprint density at radius 1 is 0.556 bits per heavy atom. The molecular weight excluding hydrogens is 546 g/mol. The predicted octanol–water partition coefficient (Wildman–Crippen LogP) is 10.3. The van der Waals surface area contributed by atoms with Gasteiger partial charge in [0.2, 0.25) is 0 Å². The van der Waals surface area contributed by atoms with Crippen molar-refractivity contribution in [2.24, 2.45) is 0 Å². The van der Waals surface area contributed by atoms with Crippen molar-refractivity contribution >= 4 is 49.0 Å². The molecule has 212 valence electrons. The Morgan fingerprint density at radius 2 is 1.24 bits per heavy atom. The molecule has 1 aliphatic heterocycles. The molecule has 3 heteroatoms. The Bertz CT molecular complexity index is 2470. The summed E-state index contributed by atoms with van der Waals surface area (Å²) < 4.78 is 2.42. The lowest BCUT2D eigenvalue weighted by Crippen LogP contribution is -2.14. The Labute approximate surface area is 261 Å². The van der Waals surface area contributed by atoms with E-state index in [4.69, 9.17) is 0 Å². The van der Waals surface area contributed by atoms with Gasteiger partial charge in [-0.25, -0.2) is 0 Å². The Balaban J connectivity index is 1.20. The maximum atomic E-state index is 4.63. The molecule has 0 atom stereocenters. The number of hydrogen-bond donors (Lipinski definition) is 1. The predicted molar refractivity (Wildman–Crippen MR) is 190 cm³/mol. The molecular formula is C42H29N3. The van der Waals surface area contributed by atoms with Crippen molar-refractivity contribution in [2.75, 3.05) is 6.54 Å². The van der Waals surface area contributed by atoms with E-state index in [1.807, 2.05) is 18.3 Å². The maximum absolute atomic E-state index is 4.63. The number of nitrogens with one attached hydrogen (secondary N) is 1. The van der Waals surface area contributed by atoms with Gasteiger partial charge in [-0.15, -0.1) is 0 Å². The van der Waals surface area contributed by atoms with Gasteiger partial charge in [-0.2, -0.15) is 0 Å². The van der Waals surface area contributed by atoms with Crippen LogP contribution in [0.5, 0.6) is 0 Å². The van der Waals surface area contributed by atoms with Crippen LogP contribution < -0.4 is 5.32 Å². The lowest BCUT2D eigenvalue weighted by molar-refractivity contribution is 0.996. The third-order valence-electron chi connectivity index (χ3n) is 9.01. The lowest BCUT2D eigenvalue weighted by atomic mass is 9.96. The summed E-state index contributed by atoms with van der Waals surface area (Å²) in [5.74, 6) is 0. The van der Waals surface area contributed by atoms with E-state index in [-0.39, 0.29) is 0 Å². The molecule has 45 heavy (non-hydrogen) atoms. The van der Waals surface area contributed by atoms with Crippen molar-refractivity contribution < 1.29 is 0 Å². The smallest absolute Gasteiger partial charge is 0.0702 e. The van der Waals surface area contributed by atoms with Crippen LogP contribution in [0.3, 0.4) is 0 Å². The van der Waals surface area contributed by atoms with E-state index in [1.165, 1.54) is 65.7 Å². The van der Waals surface area contributed by atoms with E-state index in [2.05, 4.69) is 154 Å². The third-order valence-corrected chi connectivity index (χ3v) is 9.01. The van der Waals surface area contributed by atoms with Crippen molar-refractivity contribution in [3.63, 3.8) is 0 Å². The van der Waals surface area contributed by atoms with Gasteiger partial charge < -0.3 is 9.88 Å². The first kappa shape index (κ1) is 25.6. The van der Waals surface area contributed by atoms with Gasteiger partial charge in [-0.1, -0.05) is 97.1 Å². The maximum Gasteiger partial charge on any atom is 0.0702 e. The Hall–Kier alpha value is -5.93. The number of hydrogen-bond acceptors (Lipinski definition) is 2. The number of dihydropyridines is 1. The van der Waals surface area contributed by atoms with Crippen LogP contribution in [-0.4, -0.2) is 16.1 Å². The van der Waals surface area contributed by atoms with Crippen molar-refractivity contribution in [3.8, 4) is 28.1 Å². The molecule has 0 spiro atoms. The zero-order valence-corrected chi connectivity index (χ0v) is 24.6. The molecule has 9 rings (SSSR count). The van der Waals surface area contributed by atoms with Gasteiger partial charge in [-0.3, -0.25) is 4.98 Å². The zero-order chi connectivity index (χ0) is 29.7. The molecule has 0 amide bonds. The van der Waals surface area contributed by atoms with Crippen LogP contribution in [-0.2, 0) is 0 Å². The SMILES string of the molecule is C1=CCNC(c2ccc3cc(-c4ccc5c(ccc6c7ccc(-c8ccccn8)cc7n(-c7ccccc7)c56)c4)ccc3c2)=C1. The minimum absolute atomic E-state index is 0.870. The van der Waals surface area contributed by atoms with Gasteiger partial charge in [-0.05, 0) is 87.5 Å². The molecule has 3 heterocycles. The molecule has 0 saturated heterocycles. The third kappa shape index (κ3) is 4.32. The summed E-state index contributed by atoms with van der Waals surface area (Å²) in [4.78, 5) is 4.63. The van der Waals surface area contributed by atoms with Gasteiger partial charge in [0.1, 0.15) is 0 Å². The highest BCUT2D eigenvalue weighted by Crippen LogP contribution is 2.39. The Kier molecular flexibility index (Phi) is 5.88. The summed E-state index contributed by atoms with van der Waals surface area (Å²) in [6, 6.07) is 48.5. The van der Waals surface area contributed by atoms with Crippen LogP contribution >= 0.6 is 0 Å². The second-order valence-corrected chi connectivity index (χ2v) is 11.7. The average molecular weight is 576 g/mol. The van der Waals surface area contributed by atoms with Crippen molar-refractivity contribution in [2.45, 2.75) is 0 Å². The molecule has 8 aromatic rings. The standard InChI is InChI=1S/C42H29N3/c1-2-8-35(9-3-1)45-41-27-34(40-11-5-7-23-44-40)18-20-37(41)38-21-17-32-25-31(16-19-36(32)42(38)45)28-12-13-30-26-33(15-14-29(30)24-28)39-10-4-6-22-43-39/h1-21,23-27,43H,22H2. The van der Waals surface area contributed by atoms with Crippen molar-refractivity contribution in [1.29, 1.82) is 0 Å². The summed E-state index contributed by atoms with van der Waals surface area (Å²) in [7, 11) is 0. The minimum Gasteiger partial charge on any atom is -0.381 e. The molecule has 0 saturated carbocycles. The van der Waals surface area contributed by atoms with E-state index in [0.29, 0.717) is 0 Å². The highest BCUT2D eigenvalue weighted by Gasteiger charge is 2.17. The molecule has 0 unspecified atom stereocenters. The summed E-state index contributed by atoms with van der Waals surface area (Å²) in [6.07, 6.45) is 8.24. The molecule has 0 fully saturated rings. The number of fused-ring (bicyclic) bond motifs is 6. The van der Waals surface area contributed by atoms with Crippen LogP contribution in [0.2, 0.25) is 0 Å². The van der Waals surface area contributed by atoms with E-state index in [9.17, 15) is 0 Å². The number of allylic oxidation sites excluding steroid dienone is 2. The van der Waals surface area contributed by atoms with Crippen LogP contribution in [0.4, 0.5) is 0 Å². The quantitative estimate of drug-likeness (QED) is 0.226. The van der Waals surface area contributed by atoms with E-state index < -0.39 is 0 Å². The fourth-order valence-electron chi connectivity index (χ4n) is 6.81. The summed E-state index contributed by atoms with van der Waals surface area (Å²) in [5, 5.41) is 10.9. The molecule has 1 aliphatic rings. The number of rotatable bonds is 4. The number of benzene rings is 6. The zero-order valence-electron chi connectivity index (χ0n) is 24.6. The molecule has 1 N–H and O–H groups in total. The number of nitrogens with zero attached hydrogens (tertiary/aromatic N) is 2. The summed E-state index contributed by atoms with van der Waals surface area (Å²) >= 11 is 0. The first-order valence-electron chi connectivity index (χ1n) is 15.4. The molecule has 0 radical (unpaired) electrons. The van der Waals surface area contributed by atoms with E-state index >= 15 is 0 Å². The first-order valence-corrected chi connectivity index (χ1v) is 15.4. The average Bonchev–Trinajstić information content (AvgIpc) is 3.46. The monoisotopic (exact) mass is 575 g/mol. The normalized spacial score (nSPS) is 13.0. The molecule has 0 bridgehead atoms. The second-order valence-electron chi connectivity index (χ2n) is 11.7. The van der Waals surface area contributed by atoms with Gasteiger partial charge in [0.15, 0.2) is 0 Å². The Morgan fingerprint density at radius 3 is 2.04 bits per heavy atom. The lowest BCUT2D eigenvalue weighted by Gasteiger charge is -2.13. The second kappa shape index (κ2) is 10.4. The van der Waals surface area contributed by atoms with Crippen molar-refractivity contribution in [1.82, 2.24) is 14.9 Å². The van der Waals surface area contributed by atoms with Gasteiger partial charge >= 0.3 is 0 Å². The number of para-hydroxylation sites is 1. The van der Waals surface area contributed by atoms with Crippen molar-refractivity contribution in [3.05, 3.63) is 163 Å². The topological polar surface area (TPSA) is 29.9 Å². The largest absolute Gasteiger partial charge is 0.381 e. The van der Waals surface area contributed by atoms with Gasteiger partial charge in [0, 0.05) is 45.8 Å². The highest BCUT2D eigenvalue weighted by molar-refractivity contribution is 6.19. The van der Waals surface area contributed by atoms with E-state index in [0.717, 1.165) is 23.5 Å². The van der Waals surface area contributed by atoms with Crippen LogP contribution in [0.25, 0.3) is 77.1 Å². The van der Waals surface area contributed by atoms with Gasteiger partial charge in [0.25, 0.3) is 0 Å².